The molecule has 6 heteroatoms. The summed E-state index contributed by atoms with van der Waals surface area (Å²) in [6, 6.07) is 8.29. The van der Waals surface area contributed by atoms with Gasteiger partial charge in [-0.25, -0.2) is 4.79 Å². The van der Waals surface area contributed by atoms with Gasteiger partial charge in [0.1, 0.15) is 0 Å². The summed E-state index contributed by atoms with van der Waals surface area (Å²) >= 11 is 0. The van der Waals surface area contributed by atoms with Crippen LogP contribution in [0.5, 0.6) is 0 Å². The number of aliphatic carboxylic acids is 1. The number of carboxylic acids is 1. The lowest BCUT2D eigenvalue weighted by molar-refractivity contribution is -0.146. The van der Waals surface area contributed by atoms with Crippen molar-refractivity contribution in [1.82, 2.24) is 9.78 Å². The van der Waals surface area contributed by atoms with E-state index in [4.69, 9.17) is 0 Å². The first-order valence-corrected chi connectivity index (χ1v) is 8.41. The number of anilines is 1. The second-order valence-corrected chi connectivity index (χ2v) is 6.79. The Morgan fingerprint density at radius 3 is 2.48 bits per heavy atom. The molecule has 1 heterocycles. The molecule has 25 heavy (non-hydrogen) atoms. The number of aromatic nitrogens is 2. The van der Waals surface area contributed by atoms with Crippen molar-refractivity contribution in [3.8, 4) is 0 Å². The minimum atomic E-state index is -1.17. The van der Waals surface area contributed by atoms with Crippen LogP contribution in [0.15, 0.2) is 36.7 Å². The van der Waals surface area contributed by atoms with Crippen molar-refractivity contribution in [3.05, 3.63) is 47.8 Å². The predicted molar refractivity (Wildman–Crippen MR) is 96.7 cm³/mol. The minimum absolute atomic E-state index is 0.0939. The van der Waals surface area contributed by atoms with Crippen LogP contribution in [0, 0.1) is 0 Å². The molecule has 2 N–H and O–H groups in total. The summed E-state index contributed by atoms with van der Waals surface area (Å²) in [4.78, 5) is 23.5. The number of carboxylic acid groups (broad SMARTS) is 1. The molecule has 0 saturated carbocycles. The van der Waals surface area contributed by atoms with E-state index in [1.807, 2.05) is 6.92 Å². The molecule has 2 aromatic rings. The fourth-order valence-corrected chi connectivity index (χ4v) is 2.48. The topological polar surface area (TPSA) is 84.2 Å². The van der Waals surface area contributed by atoms with E-state index >= 15 is 0 Å². The maximum atomic E-state index is 12.2. The SMILES string of the molecule is CCc1ccc(C(C)CC(=O)Nc2cnn(C(C)(C)C(=O)O)c2)cc1. The van der Waals surface area contributed by atoms with Crippen molar-refractivity contribution in [1.29, 1.82) is 0 Å². The van der Waals surface area contributed by atoms with E-state index in [-0.39, 0.29) is 11.8 Å². The molecular weight excluding hydrogens is 318 g/mol. The van der Waals surface area contributed by atoms with Gasteiger partial charge in [-0.2, -0.15) is 5.10 Å². The summed E-state index contributed by atoms with van der Waals surface area (Å²) in [6.45, 7) is 7.22. The lowest BCUT2D eigenvalue weighted by atomic mass is 9.96. The standard InChI is InChI=1S/C19H25N3O3/c1-5-14-6-8-15(9-7-14)13(2)10-17(23)21-16-11-20-22(12-16)19(3,4)18(24)25/h6-9,11-13H,5,10H2,1-4H3,(H,21,23)(H,24,25). The molecular formula is C19H25N3O3. The average molecular weight is 343 g/mol. The summed E-state index contributed by atoms with van der Waals surface area (Å²) in [6.07, 6.45) is 4.33. The van der Waals surface area contributed by atoms with Crippen LogP contribution < -0.4 is 5.32 Å². The van der Waals surface area contributed by atoms with Crippen molar-refractivity contribution < 1.29 is 14.7 Å². The Hall–Kier alpha value is -2.63. The molecule has 1 amide bonds. The normalized spacial score (nSPS) is 12.6. The molecule has 1 atom stereocenters. The van der Waals surface area contributed by atoms with Gasteiger partial charge >= 0.3 is 5.97 Å². The lowest BCUT2D eigenvalue weighted by Crippen LogP contribution is -2.35. The summed E-state index contributed by atoms with van der Waals surface area (Å²) < 4.78 is 1.33. The molecule has 0 saturated heterocycles. The van der Waals surface area contributed by atoms with Crippen LogP contribution in [0.2, 0.25) is 0 Å². The smallest absolute Gasteiger partial charge is 0.331 e. The molecule has 0 aliphatic carbocycles. The molecule has 0 spiro atoms. The fourth-order valence-electron chi connectivity index (χ4n) is 2.48. The zero-order valence-corrected chi connectivity index (χ0v) is 15.1. The van der Waals surface area contributed by atoms with E-state index in [1.165, 1.54) is 22.6 Å². The predicted octanol–water partition coefficient (Wildman–Crippen LogP) is 3.40. The third-order valence-corrected chi connectivity index (χ3v) is 4.41. The van der Waals surface area contributed by atoms with Gasteiger partial charge in [0.25, 0.3) is 0 Å². The van der Waals surface area contributed by atoms with Crippen LogP contribution in [0.3, 0.4) is 0 Å². The van der Waals surface area contributed by atoms with E-state index in [0.29, 0.717) is 12.1 Å². The van der Waals surface area contributed by atoms with E-state index < -0.39 is 11.5 Å². The van der Waals surface area contributed by atoms with Crippen molar-refractivity contribution in [3.63, 3.8) is 0 Å². The first kappa shape index (κ1) is 18.7. The van der Waals surface area contributed by atoms with Crippen molar-refractivity contribution in [2.75, 3.05) is 5.32 Å². The number of aryl methyl sites for hydroxylation is 1. The Kier molecular flexibility index (Phi) is 5.62. The van der Waals surface area contributed by atoms with Gasteiger partial charge in [-0.3, -0.25) is 9.48 Å². The second-order valence-electron chi connectivity index (χ2n) is 6.79. The highest BCUT2D eigenvalue weighted by Gasteiger charge is 2.30. The number of nitrogens with zero attached hydrogens (tertiary/aromatic N) is 2. The van der Waals surface area contributed by atoms with Crippen molar-refractivity contribution in [2.45, 2.75) is 52.0 Å². The molecule has 1 aromatic carbocycles. The van der Waals surface area contributed by atoms with E-state index in [9.17, 15) is 14.7 Å². The summed E-state index contributed by atoms with van der Waals surface area (Å²) in [7, 11) is 0. The Labute approximate surface area is 147 Å². The van der Waals surface area contributed by atoms with Crippen LogP contribution in [-0.4, -0.2) is 26.8 Å². The third-order valence-electron chi connectivity index (χ3n) is 4.41. The number of amides is 1. The molecule has 1 unspecified atom stereocenters. The quantitative estimate of drug-likeness (QED) is 0.807. The summed E-state index contributed by atoms with van der Waals surface area (Å²) in [5, 5.41) is 16.0. The Morgan fingerprint density at radius 1 is 1.28 bits per heavy atom. The van der Waals surface area contributed by atoms with E-state index in [2.05, 4.69) is 41.6 Å². The zero-order valence-electron chi connectivity index (χ0n) is 15.1. The van der Waals surface area contributed by atoms with Crippen LogP contribution in [0.4, 0.5) is 5.69 Å². The van der Waals surface area contributed by atoms with Gasteiger partial charge in [0.2, 0.25) is 5.91 Å². The Bertz CT molecular complexity index is 748. The minimum Gasteiger partial charge on any atom is -0.479 e. The first-order valence-electron chi connectivity index (χ1n) is 8.41. The maximum absolute atomic E-state index is 12.2. The highest BCUT2D eigenvalue weighted by atomic mass is 16.4. The summed E-state index contributed by atoms with van der Waals surface area (Å²) in [5.41, 5.74) is 1.72. The first-order chi connectivity index (χ1) is 11.7. The number of rotatable bonds is 7. The van der Waals surface area contributed by atoms with Gasteiger partial charge in [-0.15, -0.1) is 0 Å². The number of hydrogen-bond acceptors (Lipinski definition) is 3. The van der Waals surface area contributed by atoms with Crippen LogP contribution in [0.25, 0.3) is 0 Å². The number of nitrogens with one attached hydrogen (secondary N) is 1. The lowest BCUT2D eigenvalue weighted by Gasteiger charge is -2.19. The Morgan fingerprint density at radius 2 is 1.92 bits per heavy atom. The van der Waals surface area contributed by atoms with Crippen LogP contribution in [0.1, 0.15) is 51.2 Å². The molecule has 0 bridgehead atoms. The molecule has 0 fully saturated rings. The van der Waals surface area contributed by atoms with Gasteiger partial charge in [0.15, 0.2) is 5.54 Å². The molecule has 0 aliphatic rings. The summed E-state index contributed by atoms with van der Waals surface area (Å²) in [5.74, 6) is -1.02. The van der Waals surface area contributed by atoms with Crippen LogP contribution in [-0.2, 0) is 21.5 Å². The highest BCUT2D eigenvalue weighted by molar-refractivity contribution is 5.91. The number of hydrogen-bond donors (Lipinski definition) is 2. The van der Waals surface area contributed by atoms with Gasteiger partial charge in [0, 0.05) is 12.6 Å². The van der Waals surface area contributed by atoms with Gasteiger partial charge in [-0.05, 0) is 37.3 Å². The van der Waals surface area contributed by atoms with E-state index in [0.717, 1.165) is 12.0 Å². The second kappa shape index (κ2) is 7.51. The van der Waals surface area contributed by atoms with Gasteiger partial charge < -0.3 is 10.4 Å². The fraction of sp³-hybridized carbons (Fsp3) is 0.421. The van der Waals surface area contributed by atoms with Crippen LogP contribution >= 0.6 is 0 Å². The highest BCUT2D eigenvalue weighted by Crippen LogP contribution is 2.21. The molecule has 134 valence electrons. The molecule has 0 radical (unpaired) electrons. The number of carbonyl (C=O) groups is 2. The average Bonchev–Trinajstić information content (AvgIpc) is 3.03. The van der Waals surface area contributed by atoms with Gasteiger partial charge in [-0.1, -0.05) is 38.1 Å². The van der Waals surface area contributed by atoms with Gasteiger partial charge in [0.05, 0.1) is 11.9 Å². The van der Waals surface area contributed by atoms with Crippen molar-refractivity contribution in [2.24, 2.45) is 0 Å². The number of carbonyl (C=O) groups excluding carboxylic acids is 1. The maximum Gasteiger partial charge on any atom is 0.331 e. The largest absolute Gasteiger partial charge is 0.479 e. The third kappa shape index (κ3) is 4.47. The molecule has 1 aromatic heterocycles. The monoisotopic (exact) mass is 343 g/mol. The molecule has 6 nitrogen and oxygen atoms in total. The number of benzene rings is 1. The Balaban J connectivity index is 1.98. The van der Waals surface area contributed by atoms with E-state index in [1.54, 1.807) is 13.8 Å². The zero-order chi connectivity index (χ0) is 18.6. The molecule has 2 rings (SSSR count). The molecule has 0 aliphatic heterocycles. The van der Waals surface area contributed by atoms with Crippen molar-refractivity contribution >= 4 is 17.6 Å².